The first-order valence-electron chi connectivity index (χ1n) is 5.45. The highest BCUT2D eigenvalue weighted by molar-refractivity contribution is 6.32. The largest absolute Gasteiger partial charge is 0.369 e. The van der Waals surface area contributed by atoms with Gasteiger partial charge in [-0.2, -0.15) is 0 Å². The van der Waals surface area contributed by atoms with Gasteiger partial charge in [-0.1, -0.05) is 11.6 Å². The fourth-order valence-corrected chi connectivity index (χ4v) is 2.24. The van der Waals surface area contributed by atoms with Crippen LogP contribution in [0.2, 0.25) is 5.02 Å². The minimum absolute atomic E-state index is 0.161. The molecule has 2 N–H and O–H groups in total. The van der Waals surface area contributed by atoms with Crippen LogP contribution in [0.4, 0.5) is 14.7 Å². The lowest BCUT2D eigenvalue weighted by molar-refractivity contribution is 0.627. The van der Waals surface area contributed by atoms with Crippen LogP contribution in [-0.4, -0.2) is 9.55 Å². The number of fused-ring (bicyclic) bond motifs is 1. The van der Waals surface area contributed by atoms with Gasteiger partial charge in [0.15, 0.2) is 0 Å². The van der Waals surface area contributed by atoms with Crippen molar-refractivity contribution in [2.24, 2.45) is 0 Å². The van der Waals surface area contributed by atoms with Crippen LogP contribution in [0.1, 0.15) is 0 Å². The van der Waals surface area contributed by atoms with Gasteiger partial charge in [-0.05, 0) is 30.3 Å². The van der Waals surface area contributed by atoms with Crippen molar-refractivity contribution in [1.82, 2.24) is 9.55 Å². The van der Waals surface area contributed by atoms with Gasteiger partial charge in [0.25, 0.3) is 0 Å². The Morgan fingerprint density at radius 1 is 1.05 bits per heavy atom. The molecule has 6 heteroatoms. The summed E-state index contributed by atoms with van der Waals surface area (Å²) in [5.74, 6) is -0.681. The lowest BCUT2D eigenvalue weighted by Crippen LogP contribution is -2.01. The molecule has 0 aliphatic carbocycles. The molecule has 1 aromatic heterocycles. The van der Waals surface area contributed by atoms with Crippen LogP contribution in [0, 0.1) is 11.6 Å². The standard InChI is InChI=1S/C13H8ClF2N3/c14-9-5-7(15)1-3-11(9)19-12-4-2-8(16)6-10(12)18-13(19)17/h1-6H,(H2,17,18). The molecule has 3 aromatic rings. The number of imidazole rings is 1. The molecule has 0 radical (unpaired) electrons. The highest BCUT2D eigenvalue weighted by atomic mass is 35.5. The maximum atomic E-state index is 13.1. The maximum Gasteiger partial charge on any atom is 0.205 e. The number of nitrogens with zero attached hydrogens (tertiary/aromatic N) is 2. The van der Waals surface area contributed by atoms with Crippen molar-refractivity contribution in [2.75, 3.05) is 5.73 Å². The topological polar surface area (TPSA) is 43.8 Å². The van der Waals surface area contributed by atoms with Crippen molar-refractivity contribution in [1.29, 1.82) is 0 Å². The lowest BCUT2D eigenvalue weighted by atomic mass is 10.2. The zero-order valence-electron chi connectivity index (χ0n) is 9.57. The van der Waals surface area contributed by atoms with Crippen molar-refractivity contribution in [3.63, 3.8) is 0 Å². The average molecular weight is 280 g/mol. The highest BCUT2D eigenvalue weighted by Crippen LogP contribution is 2.28. The SMILES string of the molecule is Nc1nc2cc(F)ccc2n1-c1ccc(F)cc1Cl. The van der Waals surface area contributed by atoms with Crippen LogP contribution in [0.3, 0.4) is 0 Å². The summed E-state index contributed by atoms with van der Waals surface area (Å²) < 4.78 is 27.8. The molecule has 0 aliphatic heterocycles. The van der Waals surface area contributed by atoms with Gasteiger partial charge in [0.1, 0.15) is 11.6 Å². The minimum Gasteiger partial charge on any atom is -0.369 e. The molecule has 0 saturated carbocycles. The van der Waals surface area contributed by atoms with E-state index in [-0.39, 0.29) is 11.0 Å². The summed E-state index contributed by atoms with van der Waals surface area (Å²) in [6.45, 7) is 0. The summed E-state index contributed by atoms with van der Waals surface area (Å²) >= 11 is 6.01. The lowest BCUT2D eigenvalue weighted by Gasteiger charge is -2.08. The first kappa shape index (κ1) is 11.9. The molecular weight excluding hydrogens is 272 g/mol. The van der Waals surface area contributed by atoms with Crippen LogP contribution in [0.5, 0.6) is 0 Å². The van der Waals surface area contributed by atoms with E-state index in [4.69, 9.17) is 17.3 Å². The molecule has 0 spiro atoms. The number of hydrogen-bond donors (Lipinski definition) is 1. The summed E-state index contributed by atoms with van der Waals surface area (Å²) in [6.07, 6.45) is 0. The molecule has 2 aromatic carbocycles. The Hall–Kier alpha value is -2.14. The third kappa shape index (κ3) is 1.92. The Kier molecular flexibility index (Phi) is 2.64. The second-order valence-electron chi connectivity index (χ2n) is 4.03. The van der Waals surface area contributed by atoms with Crippen molar-refractivity contribution in [3.8, 4) is 5.69 Å². The van der Waals surface area contributed by atoms with Crippen LogP contribution >= 0.6 is 11.6 Å². The van der Waals surface area contributed by atoms with Crippen LogP contribution in [-0.2, 0) is 0 Å². The van der Waals surface area contributed by atoms with Crippen molar-refractivity contribution in [3.05, 3.63) is 53.1 Å². The number of benzene rings is 2. The van der Waals surface area contributed by atoms with Gasteiger partial charge in [-0.3, -0.25) is 4.57 Å². The number of aromatic nitrogens is 2. The second kappa shape index (κ2) is 4.20. The molecule has 3 rings (SSSR count). The Morgan fingerprint density at radius 2 is 1.74 bits per heavy atom. The predicted octanol–water partition coefficient (Wildman–Crippen LogP) is 3.54. The molecule has 96 valence electrons. The zero-order chi connectivity index (χ0) is 13.6. The third-order valence-electron chi connectivity index (χ3n) is 2.79. The van der Waals surface area contributed by atoms with Crippen molar-refractivity contribution >= 4 is 28.6 Å². The number of nitrogens with two attached hydrogens (primary N) is 1. The van der Waals surface area contributed by atoms with E-state index < -0.39 is 11.6 Å². The summed E-state index contributed by atoms with van der Waals surface area (Å²) in [5, 5.41) is 0.204. The smallest absolute Gasteiger partial charge is 0.205 e. The second-order valence-corrected chi connectivity index (χ2v) is 4.44. The molecule has 0 saturated heterocycles. The summed E-state index contributed by atoms with van der Waals surface area (Å²) in [6, 6.07) is 8.09. The zero-order valence-corrected chi connectivity index (χ0v) is 10.3. The first-order valence-corrected chi connectivity index (χ1v) is 5.83. The van der Waals surface area contributed by atoms with E-state index in [1.165, 1.54) is 30.3 Å². The monoisotopic (exact) mass is 279 g/mol. The molecule has 1 heterocycles. The Labute approximate surface area is 112 Å². The molecular formula is C13H8ClF2N3. The normalized spacial score (nSPS) is 11.1. The van der Waals surface area contributed by atoms with Crippen LogP contribution in [0.15, 0.2) is 36.4 Å². The number of rotatable bonds is 1. The van der Waals surface area contributed by atoms with Gasteiger partial charge in [0, 0.05) is 6.07 Å². The third-order valence-corrected chi connectivity index (χ3v) is 3.10. The number of nitrogen functional groups attached to an aromatic ring is 1. The van der Waals surface area contributed by atoms with E-state index in [1.54, 1.807) is 10.6 Å². The highest BCUT2D eigenvalue weighted by Gasteiger charge is 2.13. The van der Waals surface area contributed by atoms with Gasteiger partial charge in [-0.25, -0.2) is 13.8 Å². The molecule has 0 fully saturated rings. The number of anilines is 1. The van der Waals surface area contributed by atoms with Crippen molar-refractivity contribution < 1.29 is 8.78 Å². The summed E-state index contributed by atoms with van der Waals surface area (Å²) in [4.78, 5) is 4.06. The van der Waals surface area contributed by atoms with E-state index in [0.717, 1.165) is 0 Å². The maximum absolute atomic E-state index is 13.1. The predicted molar refractivity (Wildman–Crippen MR) is 70.4 cm³/mol. The van der Waals surface area contributed by atoms with Crippen LogP contribution in [0.25, 0.3) is 16.7 Å². The fraction of sp³-hybridized carbons (Fsp3) is 0. The Balaban J connectivity index is 2.33. The molecule has 0 aliphatic rings. The summed E-state index contributed by atoms with van der Waals surface area (Å²) in [7, 11) is 0. The Morgan fingerprint density at radius 3 is 2.47 bits per heavy atom. The van der Waals surface area contributed by atoms with Crippen molar-refractivity contribution in [2.45, 2.75) is 0 Å². The van der Waals surface area contributed by atoms with E-state index in [0.29, 0.717) is 16.7 Å². The van der Waals surface area contributed by atoms with Gasteiger partial charge >= 0.3 is 0 Å². The quantitative estimate of drug-likeness (QED) is 0.740. The van der Waals surface area contributed by atoms with E-state index in [9.17, 15) is 8.78 Å². The van der Waals surface area contributed by atoms with E-state index in [2.05, 4.69) is 4.98 Å². The molecule has 3 nitrogen and oxygen atoms in total. The molecule has 0 bridgehead atoms. The molecule has 0 unspecified atom stereocenters. The molecule has 19 heavy (non-hydrogen) atoms. The fourth-order valence-electron chi connectivity index (χ4n) is 1.99. The van der Waals surface area contributed by atoms with Gasteiger partial charge in [-0.15, -0.1) is 0 Å². The molecule has 0 amide bonds. The van der Waals surface area contributed by atoms with Gasteiger partial charge in [0.2, 0.25) is 5.95 Å². The van der Waals surface area contributed by atoms with Gasteiger partial charge < -0.3 is 5.73 Å². The van der Waals surface area contributed by atoms with E-state index >= 15 is 0 Å². The Bertz CT molecular complexity index is 783. The average Bonchev–Trinajstić information content (AvgIpc) is 2.65. The minimum atomic E-state index is -0.442. The molecule has 0 atom stereocenters. The number of halogens is 3. The number of hydrogen-bond acceptors (Lipinski definition) is 2. The first-order chi connectivity index (χ1) is 9.06. The van der Waals surface area contributed by atoms with Gasteiger partial charge in [0.05, 0.1) is 21.7 Å². The summed E-state index contributed by atoms with van der Waals surface area (Å²) in [5.41, 5.74) is 7.33. The van der Waals surface area contributed by atoms with E-state index in [1.807, 2.05) is 0 Å². The van der Waals surface area contributed by atoms with Crippen LogP contribution < -0.4 is 5.73 Å².